The van der Waals surface area contributed by atoms with Crippen LogP contribution in [0.25, 0.3) is 11.9 Å². The number of alkyl halides is 4. The third-order valence-electron chi connectivity index (χ3n) is 11.7. The highest BCUT2D eigenvalue weighted by atomic mass is 35.5. The smallest absolute Gasteiger partial charge is 0.255 e. The number of nitrogens with one attached hydrogen (secondary N) is 3. The van der Waals surface area contributed by atoms with Crippen LogP contribution >= 0.6 is 11.6 Å². The van der Waals surface area contributed by atoms with Crippen LogP contribution in [-0.4, -0.2) is 128 Å². The summed E-state index contributed by atoms with van der Waals surface area (Å²) in [5.41, 5.74) is 0.140. The van der Waals surface area contributed by atoms with Crippen LogP contribution in [0, 0.1) is 10.8 Å². The molecule has 1 amide bonds. The molecule has 2 atom stereocenters. The van der Waals surface area contributed by atoms with E-state index in [2.05, 4.69) is 46.1 Å². The molecule has 18 nitrogen and oxygen atoms in total. The van der Waals surface area contributed by atoms with Crippen LogP contribution in [-0.2, 0) is 9.59 Å². The lowest BCUT2D eigenvalue weighted by Gasteiger charge is -2.41. The molecule has 2 saturated carbocycles. The van der Waals surface area contributed by atoms with Crippen molar-refractivity contribution in [2.75, 3.05) is 36.8 Å². The Kier molecular flexibility index (Phi) is 16.8. The summed E-state index contributed by atoms with van der Waals surface area (Å²) in [6.07, 6.45) is 2.52. The van der Waals surface area contributed by atoms with E-state index in [0.29, 0.717) is 79.5 Å². The average Bonchev–Trinajstić information content (AvgIpc) is 3.94. The number of rotatable bonds is 12. The van der Waals surface area contributed by atoms with E-state index in [0.717, 1.165) is 13.1 Å². The summed E-state index contributed by atoms with van der Waals surface area (Å²) in [5, 5.41) is 37.4. The van der Waals surface area contributed by atoms with Crippen molar-refractivity contribution in [1.82, 2.24) is 49.7 Å². The van der Waals surface area contributed by atoms with Gasteiger partial charge in [-0.15, -0.1) is 0 Å². The van der Waals surface area contributed by atoms with Crippen LogP contribution in [0.5, 0.6) is 11.8 Å². The van der Waals surface area contributed by atoms with Crippen molar-refractivity contribution in [1.29, 1.82) is 0 Å². The molecule has 5 N–H and O–H groups in total. The fraction of sp³-hybridized carbons (Fsp3) is 0.652. The fourth-order valence-electron chi connectivity index (χ4n) is 7.27. The Labute approximate surface area is 404 Å². The normalized spacial score (nSPS) is 19.6. The molecule has 23 heteroatoms. The van der Waals surface area contributed by atoms with Crippen LogP contribution < -0.4 is 25.4 Å². The first-order valence-electron chi connectivity index (χ1n) is 23.3. The quantitative estimate of drug-likeness (QED) is 0.0701. The Morgan fingerprint density at radius 1 is 0.710 bits per heavy atom. The summed E-state index contributed by atoms with van der Waals surface area (Å²) in [7, 11) is 0. The maximum atomic E-state index is 13.6. The molecule has 4 aliphatic rings. The predicted molar refractivity (Wildman–Crippen MR) is 249 cm³/mol. The van der Waals surface area contributed by atoms with Crippen LogP contribution in [0.1, 0.15) is 130 Å². The summed E-state index contributed by atoms with van der Waals surface area (Å²) in [4.78, 5) is 42.2. The molecule has 2 aliphatic carbocycles. The van der Waals surface area contributed by atoms with E-state index in [1.807, 2.05) is 20.8 Å². The topological polar surface area (TPSA) is 220 Å². The van der Waals surface area contributed by atoms with Gasteiger partial charge in [-0.1, -0.05) is 41.5 Å². The van der Waals surface area contributed by atoms with E-state index in [1.54, 1.807) is 76.2 Å². The number of amides is 1. The molecule has 4 aromatic rings. The van der Waals surface area contributed by atoms with Gasteiger partial charge in [0.25, 0.3) is 11.9 Å². The van der Waals surface area contributed by atoms with Crippen molar-refractivity contribution in [2.24, 2.45) is 10.8 Å². The Bertz CT molecular complexity index is 2340. The van der Waals surface area contributed by atoms with Crippen molar-refractivity contribution in [2.45, 2.75) is 155 Å². The van der Waals surface area contributed by atoms with Gasteiger partial charge in [-0.25, -0.2) is 26.9 Å². The highest BCUT2D eigenvalue weighted by Gasteiger charge is 2.39. The zero-order chi connectivity index (χ0) is 50.5. The Balaban J connectivity index is 0.000000202. The summed E-state index contributed by atoms with van der Waals surface area (Å²) < 4.78 is 68.7. The minimum atomic E-state index is -2.61. The molecule has 4 fully saturated rings. The van der Waals surface area contributed by atoms with Gasteiger partial charge < -0.3 is 40.5 Å². The SMILES string of the molecule is CC(C)(C)C(=O)Cl.CC(O)c1ccn(-c2nc(NC3CCC(F)(F)CC3)cc(OC3CN(C(=O)C(C)(C)C)C3)n2)n1.CC(O)c1ccn(-c2nc(NC3CCC(F)(F)CC3)cc(OC3CNC3)n2)n1. The first-order chi connectivity index (χ1) is 32.2. The number of ether oxygens (including phenoxy) is 2. The van der Waals surface area contributed by atoms with Gasteiger partial charge in [-0.3, -0.25) is 9.59 Å². The zero-order valence-corrected chi connectivity index (χ0v) is 41.1. The predicted octanol–water partition coefficient (Wildman–Crippen LogP) is 7.20. The molecule has 2 unspecified atom stereocenters. The third kappa shape index (κ3) is 15.4. The van der Waals surface area contributed by atoms with Crippen LogP contribution in [0.3, 0.4) is 0 Å². The number of aliphatic hydroxyl groups is 2. The largest absolute Gasteiger partial charge is 0.471 e. The third-order valence-corrected chi connectivity index (χ3v) is 12.3. The molecule has 0 aromatic carbocycles. The summed E-state index contributed by atoms with van der Waals surface area (Å²) in [5.74, 6) is -2.94. The van der Waals surface area contributed by atoms with E-state index >= 15 is 0 Å². The molecule has 0 spiro atoms. The highest BCUT2D eigenvalue weighted by molar-refractivity contribution is 6.64. The molecule has 2 saturated heterocycles. The molecule has 2 aliphatic heterocycles. The van der Waals surface area contributed by atoms with Gasteiger partial charge in [0.15, 0.2) is 0 Å². The van der Waals surface area contributed by atoms with E-state index in [9.17, 15) is 37.4 Å². The van der Waals surface area contributed by atoms with Gasteiger partial charge in [0, 0.05) is 86.2 Å². The number of hydrogen-bond donors (Lipinski definition) is 5. The van der Waals surface area contributed by atoms with Crippen LogP contribution in [0.4, 0.5) is 29.2 Å². The van der Waals surface area contributed by atoms with Crippen LogP contribution in [0.2, 0.25) is 0 Å². The number of anilines is 2. The number of likely N-dealkylation sites (tertiary alicyclic amines) is 1. The number of carbonyl (C=O) groups is 2. The monoisotopic (exact) mass is 992 g/mol. The fourth-order valence-corrected chi connectivity index (χ4v) is 7.27. The minimum Gasteiger partial charge on any atom is -0.471 e. The second-order valence-electron chi connectivity index (χ2n) is 20.2. The minimum absolute atomic E-state index is 0.0367. The van der Waals surface area contributed by atoms with Crippen molar-refractivity contribution >= 4 is 34.4 Å². The molecule has 0 bridgehead atoms. The molecule has 8 rings (SSSR count). The van der Waals surface area contributed by atoms with E-state index in [1.165, 1.54) is 9.36 Å². The lowest BCUT2D eigenvalue weighted by Crippen LogP contribution is -2.58. The maximum absolute atomic E-state index is 13.6. The maximum Gasteiger partial charge on any atom is 0.255 e. The average molecular weight is 994 g/mol. The number of aromatic nitrogens is 8. The van der Waals surface area contributed by atoms with Gasteiger partial charge in [0.1, 0.15) is 23.8 Å². The second-order valence-corrected chi connectivity index (χ2v) is 20.5. The van der Waals surface area contributed by atoms with Gasteiger partial charge in [-0.2, -0.15) is 30.1 Å². The lowest BCUT2D eigenvalue weighted by molar-refractivity contribution is -0.148. The van der Waals surface area contributed by atoms with Crippen LogP contribution in [0.15, 0.2) is 36.7 Å². The summed E-state index contributed by atoms with van der Waals surface area (Å²) >= 11 is 5.11. The van der Waals surface area contributed by atoms with Gasteiger partial charge in [0.05, 0.1) is 36.7 Å². The van der Waals surface area contributed by atoms with Crippen molar-refractivity contribution in [3.63, 3.8) is 0 Å². The standard InChI is InChI=1S/C23H32F2N6O3.C18H24F2N6O2.C5H9ClO/c1-14(32)17-7-10-31(29-17)21-27-18(26-15-5-8-23(24,25)9-6-15)11-19(28-21)34-16-12-30(13-16)20(33)22(2,3)4;1-11(27)14-4-7-26(25-14)17-23-15(8-16(24-17)28-13-9-21-10-13)22-12-2-5-18(19,20)6-3-12;1-5(2,3)4(6)7/h7,10-11,14-16,32H,5-6,8-9,12-13H2,1-4H3,(H,26,27,28);4,7-8,11-13,21,27H,2-3,5-6,9-10H2,1H3,(H,22,23,24);1-3H3. The number of aliphatic hydroxyl groups excluding tert-OH is 2. The summed E-state index contributed by atoms with van der Waals surface area (Å²) in [6.45, 7) is 16.6. The first kappa shape index (κ1) is 53.2. The highest BCUT2D eigenvalue weighted by Crippen LogP contribution is 2.36. The Hall–Kier alpha value is -5.19. The molecule has 0 radical (unpaired) electrons. The van der Waals surface area contributed by atoms with Crippen molar-refractivity contribution in [3.8, 4) is 23.7 Å². The lowest BCUT2D eigenvalue weighted by atomic mass is 9.92. The number of nitrogens with zero attached hydrogens (tertiary/aromatic N) is 9. The Morgan fingerprint density at radius 2 is 1.10 bits per heavy atom. The van der Waals surface area contributed by atoms with E-state index in [-0.39, 0.29) is 72.5 Å². The number of hydrogen-bond acceptors (Lipinski definition) is 15. The van der Waals surface area contributed by atoms with Crippen molar-refractivity contribution in [3.05, 3.63) is 48.0 Å². The van der Waals surface area contributed by atoms with Gasteiger partial charge in [-0.05, 0) is 63.3 Å². The number of carbonyl (C=O) groups excluding carboxylic acids is 2. The first-order valence-corrected chi connectivity index (χ1v) is 23.7. The van der Waals surface area contributed by atoms with Gasteiger partial charge in [0.2, 0.25) is 34.8 Å². The number of halogens is 5. The van der Waals surface area contributed by atoms with Gasteiger partial charge >= 0.3 is 0 Å². The molecular formula is C46H65ClF4N12O6. The molecular weight excluding hydrogens is 928 g/mol. The van der Waals surface area contributed by atoms with E-state index in [4.69, 9.17) is 21.1 Å². The second kappa shape index (κ2) is 21.8. The van der Waals surface area contributed by atoms with E-state index < -0.39 is 29.5 Å². The Morgan fingerprint density at radius 3 is 1.42 bits per heavy atom. The zero-order valence-electron chi connectivity index (χ0n) is 40.4. The molecule has 6 heterocycles. The molecule has 380 valence electrons. The van der Waals surface area contributed by atoms with Crippen molar-refractivity contribution < 1.29 is 46.8 Å². The molecule has 4 aromatic heterocycles. The summed E-state index contributed by atoms with van der Waals surface area (Å²) in [6, 6.07) is 6.47. The molecule has 69 heavy (non-hydrogen) atoms.